The first-order chi connectivity index (χ1) is 9.58. The highest BCUT2D eigenvalue weighted by molar-refractivity contribution is 7.71. The zero-order valence-electron chi connectivity index (χ0n) is 11.6. The van der Waals surface area contributed by atoms with Gasteiger partial charge in [-0.25, -0.2) is 0 Å². The van der Waals surface area contributed by atoms with Crippen molar-refractivity contribution in [1.29, 1.82) is 0 Å². The van der Waals surface area contributed by atoms with Gasteiger partial charge >= 0.3 is 0 Å². The van der Waals surface area contributed by atoms with Crippen molar-refractivity contribution in [2.75, 3.05) is 0 Å². The molecule has 0 aromatic heterocycles. The average molecular weight is 284 g/mol. The molecule has 0 spiro atoms. The van der Waals surface area contributed by atoms with E-state index >= 15 is 0 Å². The molecule has 2 rings (SSSR count). The fourth-order valence-corrected chi connectivity index (χ4v) is 4.70. The topological polar surface area (TPSA) is 18.5 Å². The maximum atomic E-state index is 5.80. The van der Waals surface area contributed by atoms with Gasteiger partial charge in [-0.05, 0) is 19.1 Å². The summed E-state index contributed by atoms with van der Waals surface area (Å²) in [5.74, 6) is 2.77. The van der Waals surface area contributed by atoms with E-state index < -0.39 is 7.92 Å². The van der Waals surface area contributed by atoms with Crippen LogP contribution in [0.1, 0.15) is 6.92 Å². The van der Waals surface area contributed by atoms with E-state index in [1.165, 1.54) is 0 Å². The summed E-state index contributed by atoms with van der Waals surface area (Å²) >= 11 is 0. The van der Waals surface area contributed by atoms with Crippen LogP contribution in [-0.2, 0) is 9.47 Å². The van der Waals surface area contributed by atoms with Gasteiger partial charge in [-0.15, -0.1) is 0 Å². The Labute approximate surface area is 121 Å². The third-order valence-electron chi connectivity index (χ3n) is 3.07. The molecule has 2 nitrogen and oxygen atoms in total. The van der Waals surface area contributed by atoms with Crippen LogP contribution >= 0.6 is 7.92 Å². The van der Waals surface area contributed by atoms with Crippen LogP contribution in [-0.4, -0.2) is 0 Å². The molecule has 3 heteroatoms. The summed E-state index contributed by atoms with van der Waals surface area (Å²) in [6.07, 6.45) is 6.99. The first-order valence-corrected chi connectivity index (χ1v) is 7.47. The molecule has 0 saturated carbocycles. The van der Waals surface area contributed by atoms with E-state index in [2.05, 4.69) is 32.9 Å². The van der Waals surface area contributed by atoms with Gasteiger partial charge in [0.25, 0.3) is 0 Å². The Bertz CT molecular complexity index is 629. The molecule has 0 radical (unpaired) electrons. The average Bonchev–Trinajstić information content (AvgIpc) is 2.45. The van der Waals surface area contributed by atoms with Crippen LogP contribution in [0, 0.1) is 0 Å². The molecule has 2 heterocycles. The first-order valence-electron chi connectivity index (χ1n) is 6.13. The maximum absolute atomic E-state index is 5.80. The van der Waals surface area contributed by atoms with Gasteiger partial charge in [-0.1, -0.05) is 45.0 Å². The predicted molar refractivity (Wildman–Crippen MR) is 85.8 cm³/mol. The van der Waals surface area contributed by atoms with Crippen molar-refractivity contribution < 1.29 is 9.47 Å². The lowest BCUT2D eigenvalue weighted by atomic mass is 10.3. The lowest BCUT2D eigenvalue weighted by molar-refractivity contribution is 0.297. The van der Waals surface area contributed by atoms with Crippen molar-refractivity contribution in [2.24, 2.45) is 0 Å². The monoisotopic (exact) mass is 284 g/mol. The van der Waals surface area contributed by atoms with E-state index in [0.717, 1.165) is 21.7 Å². The third kappa shape index (κ3) is 2.03. The lowest BCUT2D eigenvalue weighted by Crippen LogP contribution is -2.12. The van der Waals surface area contributed by atoms with E-state index in [1.807, 2.05) is 13.0 Å². The summed E-state index contributed by atoms with van der Waals surface area (Å²) in [5, 5.41) is 2.96. The Morgan fingerprint density at radius 3 is 1.95 bits per heavy atom. The van der Waals surface area contributed by atoms with Gasteiger partial charge in [0.05, 0.1) is 5.31 Å². The standard InChI is InChI=1S/C17H17O2P/c1-7-13-16(10-4)20-15(9-3)11(5)18-14(8-2)17(20)12(6)19-13/h7-10H,1-4,6H2,5H3. The Balaban J connectivity index is 2.79. The fraction of sp³-hybridized carbons (Fsp3) is 0.0588. The Hall–Kier alpha value is -2.05. The summed E-state index contributed by atoms with van der Waals surface area (Å²) in [6.45, 7) is 21.3. The summed E-state index contributed by atoms with van der Waals surface area (Å²) < 4.78 is 11.5. The third-order valence-corrected chi connectivity index (χ3v) is 5.85. The highest BCUT2D eigenvalue weighted by Gasteiger charge is 2.37. The minimum atomic E-state index is -0.832. The van der Waals surface area contributed by atoms with Crippen LogP contribution in [0.3, 0.4) is 0 Å². The second-order valence-corrected chi connectivity index (χ2v) is 6.26. The SMILES string of the molecule is C=CC1=C(C=C)P2C(C=C)=C(C)OC(C=C)=C2C(=C)O1. The Morgan fingerprint density at radius 1 is 0.850 bits per heavy atom. The van der Waals surface area contributed by atoms with Gasteiger partial charge in [0.15, 0.2) is 0 Å². The smallest absolute Gasteiger partial charge is 0.138 e. The summed E-state index contributed by atoms with van der Waals surface area (Å²) in [7, 11) is -0.832. The highest BCUT2D eigenvalue weighted by atomic mass is 31.1. The van der Waals surface area contributed by atoms with Crippen LogP contribution in [0.25, 0.3) is 0 Å². The zero-order valence-corrected chi connectivity index (χ0v) is 12.5. The maximum Gasteiger partial charge on any atom is 0.138 e. The molecule has 2 aliphatic heterocycles. The molecule has 0 bridgehead atoms. The summed E-state index contributed by atoms with van der Waals surface area (Å²) in [5.41, 5.74) is 0. The van der Waals surface area contributed by atoms with Gasteiger partial charge in [0, 0.05) is 18.5 Å². The highest BCUT2D eigenvalue weighted by Crippen LogP contribution is 2.68. The van der Waals surface area contributed by atoms with Crippen LogP contribution in [0.2, 0.25) is 0 Å². The Kier molecular flexibility index (Phi) is 3.96. The Morgan fingerprint density at radius 2 is 1.45 bits per heavy atom. The van der Waals surface area contributed by atoms with Crippen LogP contribution < -0.4 is 0 Å². The summed E-state index contributed by atoms with van der Waals surface area (Å²) in [4.78, 5) is 0. The molecule has 1 unspecified atom stereocenters. The molecule has 1 atom stereocenters. The van der Waals surface area contributed by atoms with Gasteiger partial charge in [-0.3, -0.25) is 0 Å². The molecule has 0 amide bonds. The van der Waals surface area contributed by atoms with Crippen molar-refractivity contribution in [3.63, 3.8) is 0 Å². The fourth-order valence-electron chi connectivity index (χ4n) is 2.22. The minimum Gasteiger partial charge on any atom is -0.461 e. The second kappa shape index (κ2) is 5.52. The number of allylic oxidation sites excluding steroid dienone is 8. The molecule has 2 aliphatic rings. The lowest BCUT2D eigenvalue weighted by Gasteiger charge is -2.35. The molecular formula is C17H17O2P. The van der Waals surface area contributed by atoms with Gasteiger partial charge in [-0.2, -0.15) is 0 Å². The van der Waals surface area contributed by atoms with E-state index in [1.54, 1.807) is 18.2 Å². The van der Waals surface area contributed by atoms with Crippen molar-refractivity contribution in [3.05, 3.63) is 96.2 Å². The van der Waals surface area contributed by atoms with E-state index in [9.17, 15) is 0 Å². The molecule has 0 aromatic carbocycles. The zero-order chi connectivity index (χ0) is 14.9. The molecule has 0 saturated heterocycles. The molecule has 0 N–H and O–H groups in total. The van der Waals surface area contributed by atoms with Crippen LogP contribution in [0.15, 0.2) is 96.2 Å². The van der Waals surface area contributed by atoms with Crippen molar-refractivity contribution in [3.8, 4) is 0 Å². The van der Waals surface area contributed by atoms with Crippen molar-refractivity contribution in [1.82, 2.24) is 0 Å². The molecule has 0 fully saturated rings. The number of hydrogen-bond donors (Lipinski definition) is 0. The molecule has 102 valence electrons. The molecule has 0 aliphatic carbocycles. The minimum absolute atomic E-state index is 0.568. The van der Waals surface area contributed by atoms with Crippen molar-refractivity contribution in [2.45, 2.75) is 6.92 Å². The van der Waals surface area contributed by atoms with Crippen LogP contribution in [0.4, 0.5) is 0 Å². The van der Waals surface area contributed by atoms with E-state index in [-0.39, 0.29) is 0 Å². The van der Waals surface area contributed by atoms with Crippen molar-refractivity contribution >= 4 is 7.92 Å². The molecule has 0 aromatic rings. The normalized spacial score (nSPS) is 21.9. The number of rotatable bonds is 4. The molecule has 20 heavy (non-hydrogen) atoms. The second-order valence-electron chi connectivity index (χ2n) is 4.18. The summed E-state index contributed by atoms with van der Waals surface area (Å²) in [6, 6.07) is 0. The largest absolute Gasteiger partial charge is 0.461 e. The number of fused-ring (bicyclic) bond motifs is 1. The molecular weight excluding hydrogens is 267 g/mol. The van der Waals surface area contributed by atoms with E-state index in [0.29, 0.717) is 17.3 Å². The van der Waals surface area contributed by atoms with Gasteiger partial charge < -0.3 is 9.47 Å². The number of hydrogen-bond acceptors (Lipinski definition) is 2. The van der Waals surface area contributed by atoms with E-state index in [4.69, 9.17) is 9.47 Å². The van der Waals surface area contributed by atoms with Gasteiger partial charge in [0.2, 0.25) is 0 Å². The van der Waals surface area contributed by atoms with Crippen LogP contribution in [0.5, 0.6) is 0 Å². The number of ether oxygens (including phenoxy) is 2. The quantitative estimate of drug-likeness (QED) is 0.640. The van der Waals surface area contributed by atoms with Gasteiger partial charge in [0.1, 0.15) is 23.0 Å². The predicted octanol–water partition coefficient (Wildman–Crippen LogP) is 5.44. The first kappa shape index (κ1) is 14.4.